The number of hydrogen-bond donors (Lipinski definition) is 2. The van der Waals surface area contributed by atoms with Crippen LogP contribution in [0, 0.1) is 0 Å². The number of pyridine rings is 1. The summed E-state index contributed by atoms with van der Waals surface area (Å²) in [6.07, 6.45) is 1.74. The van der Waals surface area contributed by atoms with Gasteiger partial charge in [-0.1, -0.05) is 6.07 Å². The Balaban J connectivity index is 2.20. The molecule has 0 aliphatic rings. The first-order valence-corrected chi connectivity index (χ1v) is 7.16. The minimum atomic E-state index is -0.224. The van der Waals surface area contributed by atoms with E-state index in [-0.39, 0.29) is 11.2 Å². The summed E-state index contributed by atoms with van der Waals surface area (Å²) in [4.78, 5) is 15.7. The standard InChI is InChI=1S/C13H19N5OS/c1-13(2,3)15-8-9-6-5-7-14-10(9)20-12-17-16-11(19)18(12)4/h5-7,15H,8H2,1-4H3,(H,16,19). The molecule has 0 spiro atoms. The molecule has 0 bridgehead atoms. The van der Waals surface area contributed by atoms with Crippen molar-refractivity contribution in [2.45, 2.75) is 43.0 Å². The molecule has 7 heteroatoms. The van der Waals surface area contributed by atoms with Gasteiger partial charge in [0.1, 0.15) is 5.03 Å². The Kier molecular flexibility index (Phi) is 4.29. The molecule has 2 aromatic rings. The van der Waals surface area contributed by atoms with Gasteiger partial charge in [0, 0.05) is 25.3 Å². The zero-order chi connectivity index (χ0) is 14.8. The van der Waals surface area contributed by atoms with Crippen LogP contribution in [-0.2, 0) is 13.6 Å². The van der Waals surface area contributed by atoms with Gasteiger partial charge in [0.25, 0.3) is 0 Å². The highest BCUT2D eigenvalue weighted by atomic mass is 32.2. The van der Waals surface area contributed by atoms with Gasteiger partial charge in [0.15, 0.2) is 5.16 Å². The third-order valence-electron chi connectivity index (χ3n) is 2.69. The number of hydrogen-bond acceptors (Lipinski definition) is 5. The molecule has 2 N–H and O–H groups in total. The van der Waals surface area contributed by atoms with Gasteiger partial charge >= 0.3 is 5.69 Å². The van der Waals surface area contributed by atoms with Crippen LogP contribution in [0.25, 0.3) is 0 Å². The number of aromatic amines is 1. The maximum Gasteiger partial charge on any atom is 0.343 e. The van der Waals surface area contributed by atoms with Crippen LogP contribution in [0.5, 0.6) is 0 Å². The van der Waals surface area contributed by atoms with Gasteiger partial charge < -0.3 is 5.32 Å². The van der Waals surface area contributed by atoms with Crippen molar-refractivity contribution in [3.63, 3.8) is 0 Å². The van der Waals surface area contributed by atoms with E-state index in [0.717, 1.165) is 17.1 Å². The van der Waals surface area contributed by atoms with Crippen LogP contribution >= 0.6 is 11.8 Å². The molecule has 0 saturated heterocycles. The first kappa shape index (κ1) is 14.8. The van der Waals surface area contributed by atoms with Crippen molar-refractivity contribution >= 4 is 11.8 Å². The predicted octanol–water partition coefficient (Wildman–Crippen LogP) is 1.54. The highest BCUT2D eigenvalue weighted by molar-refractivity contribution is 7.99. The summed E-state index contributed by atoms with van der Waals surface area (Å²) in [5.74, 6) is 0. The van der Waals surface area contributed by atoms with E-state index in [1.165, 1.54) is 16.3 Å². The Hall–Kier alpha value is -1.60. The second-order valence-electron chi connectivity index (χ2n) is 5.54. The summed E-state index contributed by atoms with van der Waals surface area (Å²) in [5, 5.41) is 11.3. The van der Waals surface area contributed by atoms with E-state index in [4.69, 9.17) is 0 Å². The van der Waals surface area contributed by atoms with Crippen LogP contribution < -0.4 is 11.0 Å². The molecular weight excluding hydrogens is 274 g/mol. The second kappa shape index (κ2) is 5.80. The molecule has 2 aromatic heterocycles. The molecule has 6 nitrogen and oxygen atoms in total. The average Bonchev–Trinajstić information content (AvgIpc) is 2.69. The minimum Gasteiger partial charge on any atom is -0.308 e. The zero-order valence-electron chi connectivity index (χ0n) is 12.1. The molecule has 0 unspecified atom stereocenters. The second-order valence-corrected chi connectivity index (χ2v) is 6.50. The molecule has 0 aromatic carbocycles. The van der Waals surface area contributed by atoms with Crippen molar-refractivity contribution in [3.8, 4) is 0 Å². The van der Waals surface area contributed by atoms with E-state index in [2.05, 4.69) is 41.3 Å². The molecule has 0 radical (unpaired) electrons. The Morgan fingerprint density at radius 3 is 2.80 bits per heavy atom. The zero-order valence-corrected chi connectivity index (χ0v) is 12.9. The first-order valence-electron chi connectivity index (χ1n) is 6.35. The van der Waals surface area contributed by atoms with Gasteiger partial charge in [-0.05, 0) is 44.2 Å². The smallest absolute Gasteiger partial charge is 0.308 e. The summed E-state index contributed by atoms with van der Waals surface area (Å²) in [7, 11) is 1.68. The van der Waals surface area contributed by atoms with Gasteiger partial charge in [-0.25, -0.2) is 14.9 Å². The van der Waals surface area contributed by atoms with Gasteiger partial charge in [0.05, 0.1) is 0 Å². The van der Waals surface area contributed by atoms with Gasteiger partial charge in [-0.15, -0.1) is 5.10 Å². The van der Waals surface area contributed by atoms with Crippen LogP contribution in [0.2, 0.25) is 0 Å². The van der Waals surface area contributed by atoms with Gasteiger partial charge in [-0.3, -0.25) is 4.57 Å². The van der Waals surface area contributed by atoms with E-state index in [1.807, 2.05) is 12.1 Å². The molecular formula is C13H19N5OS. The van der Waals surface area contributed by atoms with Crippen molar-refractivity contribution in [1.82, 2.24) is 25.1 Å². The van der Waals surface area contributed by atoms with Crippen LogP contribution in [0.1, 0.15) is 26.3 Å². The summed E-state index contributed by atoms with van der Waals surface area (Å²) in [5.41, 5.74) is 0.900. The number of rotatable bonds is 4. The van der Waals surface area contributed by atoms with Crippen molar-refractivity contribution in [2.75, 3.05) is 0 Å². The molecule has 0 aliphatic heterocycles. The van der Waals surface area contributed by atoms with Crippen LogP contribution in [0.3, 0.4) is 0 Å². The van der Waals surface area contributed by atoms with Gasteiger partial charge in [0.2, 0.25) is 0 Å². The Morgan fingerprint density at radius 2 is 2.20 bits per heavy atom. The lowest BCUT2D eigenvalue weighted by Crippen LogP contribution is -2.35. The van der Waals surface area contributed by atoms with Crippen molar-refractivity contribution < 1.29 is 0 Å². The number of nitrogens with one attached hydrogen (secondary N) is 2. The molecule has 0 aliphatic carbocycles. The Bertz CT molecular complexity index is 641. The van der Waals surface area contributed by atoms with E-state index in [0.29, 0.717) is 5.16 Å². The third-order valence-corrected chi connectivity index (χ3v) is 3.79. The van der Waals surface area contributed by atoms with E-state index >= 15 is 0 Å². The molecule has 20 heavy (non-hydrogen) atoms. The highest BCUT2D eigenvalue weighted by Crippen LogP contribution is 2.26. The highest BCUT2D eigenvalue weighted by Gasteiger charge is 2.13. The lowest BCUT2D eigenvalue weighted by molar-refractivity contribution is 0.422. The molecule has 2 heterocycles. The fraction of sp³-hybridized carbons (Fsp3) is 0.462. The van der Waals surface area contributed by atoms with E-state index in [9.17, 15) is 4.79 Å². The monoisotopic (exact) mass is 293 g/mol. The first-order chi connectivity index (χ1) is 9.37. The summed E-state index contributed by atoms with van der Waals surface area (Å²) in [6.45, 7) is 7.08. The fourth-order valence-electron chi connectivity index (χ4n) is 1.52. The van der Waals surface area contributed by atoms with Gasteiger partial charge in [-0.2, -0.15) is 0 Å². The van der Waals surface area contributed by atoms with Crippen LogP contribution in [0.4, 0.5) is 0 Å². The topological polar surface area (TPSA) is 75.6 Å². The SMILES string of the molecule is Cn1c(Sc2ncccc2CNC(C)(C)C)n[nH]c1=O. The quantitative estimate of drug-likeness (QED) is 0.894. The lowest BCUT2D eigenvalue weighted by Gasteiger charge is -2.21. The van der Waals surface area contributed by atoms with Crippen molar-refractivity contribution in [3.05, 3.63) is 34.4 Å². The summed E-state index contributed by atoms with van der Waals surface area (Å²) < 4.78 is 1.47. The molecule has 2 rings (SSSR count). The molecule has 0 amide bonds. The number of aromatic nitrogens is 4. The normalized spacial score (nSPS) is 11.8. The fourth-order valence-corrected chi connectivity index (χ4v) is 2.39. The van der Waals surface area contributed by atoms with Crippen LogP contribution in [0.15, 0.2) is 33.3 Å². The maximum absolute atomic E-state index is 11.4. The predicted molar refractivity (Wildman–Crippen MR) is 78.8 cm³/mol. The molecule has 0 saturated carbocycles. The third kappa shape index (κ3) is 3.71. The lowest BCUT2D eigenvalue weighted by atomic mass is 10.1. The van der Waals surface area contributed by atoms with Crippen LogP contribution in [-0.4, -0.2) is 25.3 Å². The number of nitrogens with zero attached hydrogens (tertiary/aromatic N) is 3. The molecule has 108 valence electrons. The Morgan fingerprint density at radius 1 is 1.45 bits per heavy atom. The average molecular weight is 293 g/mol. The summed E-state index contributed by atoms with van der Waals surface area (Å²) in [6, 6.07) is 3.94. The minimum absolute atomic E-state index is 0.0387. The Labute approximate surface area is 122 Å². The van der Waals surface area contributed by atoms with E-state index < -0.39 is 0 Å². The maximum atomic E-state index is 11.4. The largest absolute Gasteiger partial charge is 0.343 e. The molecule has 0 fully saturated rings. The van der Waals surface area contributed by atoms with Crippen molar-refractivity contribution in [1.29, 1.82) is 0 Å². The van der Waals surface area contributed by atoms with Crippen molar-refractivity contribution in [2.24, 2.45) is 7.05 Å². The molecule has 0 atom stereocenters. The number of H-pyrrole nitrogens is 1. The van der Waals surface area contributed by atoms with E-state index in [1.54, 1.807) is 13.2 Å². The summed E-state index contributed by atoms with van der Waals surface area (Å²) >= 11 is 1.38.